The molecule has 1 saturated heterocycles. The fourth-order valence-corrected chi connectivity index (χ4v) is 4.61. The molecule has 0 radical (unpaired) electrons. The summed E-state index contributed by atoms with van der Waals surface area (Å²) in [7, 11) is 0. The summed E-state index contributed by atoms with van der Waals surface area (Å²) in [6.45, 7) is 0.760. The van der Waals surface area contributed by atoms with Crippen molar-refractivity contribution in [2.24, 2.45) is 21.5 Å². The molecule has 2 heterocycles. The monoisotopic (exact) mass is 487 g/mol. The largest absolute Gasteiger partial charge is 0.492 e. The van der Waals surface area contributed by atoms with E-state index in [0.717, 1.165) is 24.3 Å². The fraction of sp³-hybridized carbons (Fsp3) is 0.500. The molecular formula is C16H21Cl4N5O2S. The Labute approximate surface area is 189 Å². The van der Waals surface area contributed by atoms with Crippen molar-refractivity contribution >= 4 is 70.9 Å². The molecule has 1 aromatic carbocycles. The van der Waals surface area contributed by atoms with Crippen LogP contribution in [0, 0.1) is 0 Å². The van der Waals surface area contributed by atoms with Gasteiger partial charge in [-0.3, -0.25) is 4.84 Å². The van der Waals surface area contributed by atoms with Crippen LogP contribution in [0.1, 0.15) is 19.3 Å². The van der Waals surface area contributed by atoms with E-state index in [4.69, 9.17) is 55.8 Å². The van der Waals surface area contributed by atoms with Crippen molar-refractivity contribution in [2.45, 2.75) is 24.9 Å². The molecule has 156 valence electrons. The van der Waals surface area contributed by atoms with E-state index in [0.29, 0.717) is 40.5 Å². The van der Waals surface area contributed by atoms with Gasteiger partial charge in [0.05, 0.1) is 28.3 Å². The Morgan fingerprint density at radius 2 is 1.75 bits per heavy atom. The molecule has 0 amide bonds. The molecular weight excluding hydrogens is 468 g/mol. The number of ether oxygens (including phenoxy) is 1. The van der Waals surface area contributed by atoms with E-state index in [1.54, 1.807) is 17.2 Å². The number of hydroxylamine groups is 2. The van der Waals surface area contributed by atoms with Gasteiger partial charge in [0.2, 0.25) is 11.9 Å². The zero-order chi connectivity index (χ0) is 19.4. The second-order valence-electron chi connectivity index (χ2n) is 6.06. The molecule has 1 aromatic rings. The second-order valence-corrected chi connectivity index (χ2v) is 8.51. The molecule has 1 fully saturated rings. The van der Waals surface area contributed by atoms with Crippen LogP contribution in [0.25, 0.3) is 0 Å². The van der Waals surface area contributed by atoms with E-state index in [2.05, 4.69) is 9.98 Å². The summed E-state index contributed by atoms with van der Waals surface area (Å²) in [6, 6.07) is 3.14. The summed E-state index contributed by atoms with van der Waals surface area (Å²) in [6.07, 6.45) is 2.19. The maximum atomic E-state index is 6.10. The summed E-state index contributed by atoms with van der Waals surface area (Å²) in [5, 5.41) is 2.77. The third-order valence-electron chi connectivity index (χ3n) is 4.17. The molecule has 0 unspecified atom stereocenters. The van der Waals surface area contributed by atoms with Gasteiger partial charge < -0.3 is 16.2 Å². The van der Waals surface area contributed by atoms with E-state index in [1.807, 2.05) is 11.8 Å². The fourth-order valence-electron chi connectivity index (χ4n) is 2.87. The summed E-state index contributed by atoms with van der Waals surface area (Å²) in [5.41, 5.74) is 11.3. The van der Waals surface area contributed by atoms with Crippen LogP contribution in [0.15, 0.2) is 22.1 Å². The Kier molecular flexibility index (Phi) is 8.66. The first-order valence-electron chi connectivity index (χ1n) is 8.39. The highest BCUT2D eigenvalue weighted by Crippen LogP contribution is 2.36. The molecule has 12 heteroatoms. The van der Waals surface area contributed by atoms with Gasteiger partial charge in [0.25, 0.3) is 0 Å². The molecule has 2 aliphatic rings. The third kappa shape index (κ3) is 5.43. The minimum atomic E-state index is -0.574. The van der Waals surface area contributed by atoms with E-state index in [9.17, 15) is 0 Å². The molecule has 0 saturated carbocycles. The molecule has 28 heavy (non-hydrogen) atoms. The van der Waals surface area contributed by atoms with Gasteiger partial charge in [-0.2, -0.15) is 21.8 Å². The minimum Gasteiger partial charge on any atom is -0.492 e. The molecule has 3 rings (SSSR count). The molecule has 0 aliphatic carbocycles. The standard InChI is InChI=1S/C16H20Cl3N5O2S.ClH/c17-10-8-12(19)13(9-11(10)18)25-4-1-5-26-24-15(21)22-14(20)23-16(24)2-6-27-7-3-16;/h8-9H,1-7H2,(H4,20,21,22,23);1H. The lowest BCUT2D eigenvalue weighted by atomic mass is 10.0. The Morgan fingerprint density at radius 1 is 1.07 bits per heavy atom. The maximum Gasteiger partial charge on any atom is 0.226 e. The lowest BCUT2D eigenvalue weighted by molar-refractivity contribution is -0.171. The van der Waals surface area contributed by atoms with Gasteiger partial charge in [0.1, 0.15) is 5.75 Å². The first-order chi connectivity index (χ1) is 12.9. The predicted octanol–water partition coefficient (Wildman–Crippen LogP) is 3.94. The summed E-state index contributed by atoms with van der Waals surface area (Å²) < 4.78 is 5.66. The Morgan fingerprint density at radius 3 is 2.46 bits per heavy atom. The quantitative estimate of drug-likeness (QED) is 0.464. The van der Waals surface area contributed by atoms with Crippen molar-refractivity contribution < 1.29 is 9.57 Å². The van der Waals surface area contributed by atoms with Gasteiger partial charge in [0, 0.05) is 25.3 Å². The van der Waals surface area contributed by atoms with Crippen LogP contribution < -0.4 is 16.2 Å². The highest BCUT2D eigenvalue weighted by Gasteiger charge is 2.43. The Balaban J connectivity index is 0.00000280. The number of aliphatic imine (C=N–C) groups is 2. The van der Waals surface area contributed by atoms with Gasteiger partial charge in [-0.15, -0.1) is 12.4 Å². The normalized spacial score (nSPS) is 18.3. The molecule has 7 nitrogen and oxygen atoms in total. The average Bonchev–Trinajstić information content (AvgIpc) is 2.61. The highest BCUT2D eigenvalue weighted by atomic mass is 35.5. The van der Waals surface area contributed by atoms with Crippen molar-refractivity contribution in [1.29, 1.82) is 0 Å². The number of hydrogen-bond donors (Lipinski definition) is 2. The van der Waals surface area contributed by atoms with Crippen LogP contribution in [-0.4, -0.2) is 47.4 Å². The molecule has 0 bridgehead atoms. The van der Waals surface area contributed by atoms with Gasteiger partial charge in [0.15, 0.2) is 5.66 Å². The van der Waals surface area contributed by atoms with E-state index < -0.39 is 5.66 Å². The van der Waals surface area contributed by atoms with Crippen molar-refractivity contribution in [3.05, 3.63) is 27.2 Å². The smallest absolute Gasteiger partial charge is 0.226 e. The highest BCUT2D eigenvalue weighted by molar-refractivity contribution is 7.99. The lowest BCUT2D eigenvalue weighted by Gasteiger charge is -2.43. The van der Waals surface area contributed by atoms with E-state index >= 15 is 0 Å². The van der Waals surface area contributed by atoms with Crippen LogP contribution in [0.3, 0.4) is 0 Å². The number of hydrogen-bond acceptors (Lipinski definition) is 8. The molecule has 2 aliphatic heterocycles. The SMILES string of the molecule is Cl.NC1=NC2(CCSCC2)N(OCCCOc2cc(Cl)c(Cl)cc2Cl)C(N)=N1. The zero-order valence-electron chi connectivity index (χ0n) is 14.9. The van der Waals surface area contributed by atoms with Gasteiger partial charge >= 0.3 is 0 Å². The van der Waals surface area contributed by atoms with Crippen LogP contribution in [0.5, 0.6) is 5.75 Å². The molecule has 0 aromatic heterocycles. The topological polar surface area (TPSA) is 98.5 Å². The first kappa shape index (κ1) is 23.5. The van der Waals surface area contributed by atoms with Crippen LogP contribution in [-0.2, 0) is 4.84 Å². The van der Waals surface area contributed by atoms with Crippen molar-refractivity contribution in [1.82, 2.24) is 5.06 Å². The summed E-state index contributed by atoms with van der Waals surface area (Å²) in [5.74, 6) is 2.81. The van der Waals surface area contributed by atoms with Crippen molar-refractivity contribution in [2.75, 3.05) is 24.7 Å². The molecule has 1 spiro atoms. The van der Waals surface area contributed by atoms with Crippen molar-refractivity contribution in [3.63, 3.8) is 0 Å². The first-order valence-corrected chi connectivity index (χ1v) is 10.7. The maximum absolute atomic E-state index is 6.10. The van der Waals surface area contributed by atoms with Crippen LogP contribution in [0.2, 0.25) is 15.1 Å². The van der Waals surface area contributed by atoms with E-state index in [-0.39, 0.29) is 24.3 Å². The Bertz CT molecular complexity index is 759. The number of guanidine groups is 2. The number of halogens is 4. The number of nitrogens with zero attached hydrogens (tertiary/aromatic N) is 3. The lowest BCUT2D eigenvalue weighted by Crippen LogP contribution is -2.58. The number of rotatable bonds is 6. The number of nitrogens with two attached hydrogens (primary N) is 2. The summed E-state index contributed by atoms with van der Waals surface area (Å²) >= 11 is 19.9. The molecule has 4 N–H and O–H groups in total. The second kappa shape index (κ2) is 10.3. The van der Waals surface area contributed by atoms with Crippen molar-refractivity contribution in [3.8, 4) is 5.75 Å². The third-order valence-corrected chi connectivity index (χ3v) is 6.18. The van der Waals surface area contributed by atoms with Gasteiger partial charge in [-0.05, 0) is 17.6 Å². The predicted molar refractivity (Wildman–Crippen MR) is 119 cm³/mol. The summed E-state index contributed by atoms with van der Waals surface area (Å²) in [4.78, 5) is 14.4. The zero-order valence-corrected chi connectivity index (χ0v) is 18.8. The average molecular weight is 489 g/mol. The van der Waals surface area contributed by atoms with Crippen LogP contribution >= 0.6 is 59.0 Å². The number of thioether (sulfide) groups is 1. The molecule has 0 atom stereocenters. The van der Waals surface area contributed by atoms with Crippen LogP contribution in [0.4, 0.5) is 0 Å². The van der Waals surface area contributed by atoms with Gasteiger partial charge in [-0.1, -0.05) is 34.8 Å². The van der Waals surface area contributed by atoms with E-state index in [1.165, 1.54) is 0 Å². The minimum absolute atomic E-state index is 0. The van der Waals surface area contributed by atoms with Gasteiger partial charge in [-0.25, -0.2) is 4.99 Å². The Hall–Kier alpha value is -0.770. The number of benzene rings is 1.